The van der Waals surface area contributed by atoms with E-state index in [2.05, 4.69) is 10.5 Å². The number of nitroso groups, excluding NO2 is 1. The van der Waals surface area contributed by atoms with Crippen molar-refractivity contribution in [3.8, 4) is 23.0 Å². The zero-order valence-corrected chi connectivity index (χ0v) is 19.2. The van der Waals surface area contributed by atoms with E-state index in [0.717, 1.165) is 30.5 Å². The summed E-state index contributed by atoms with van der Waals surface area (Å²) in [6.07, 6.45) is 0.435. The van der Waals surface area contributed by atoms with E-state index in [1.54, 1.807) is 30.3 Å². The molecule has 2 atom stereocenters. The summed E-state index contributed by atoms with van der Waals surface area (Å²) in [7, 11) is 0. The Morgan fingerprint density at radius 3 is 2.78 bits per heavy atom. The van der Waals surface area contributed by atoms with Crippen LogP contribution < -0.4 is 19.5 Å². The fourth-order valence-electron chi connectivity index (χ4n) is 3.78. The molecule has 36 heavy (non-hydrogen) atoms. The quantitative estimate of drug-likeness (QED) is 0.400. The summed E-state index contributed by atoms with van der Waals surface area (Å²) in [5, 5.41) is 15.7. The Hall–Kier alpha value is -3.89. The lowest BCUT2D eigenvalue weighted by Crippen LogP contribution is -2.39. The number of ether oxygens (including phenoxy) is 3. The Morgan fingerprint density at radius 2 is 1.97 bits per heavy atom. The van der Waals surface area contributed by atoms with Gasteiger partial charge in [0, 0.05) is 24.3 Å². The monoisotopic (exact) mass is 498 g/mol. The second kappa shape index (κ2) is 11.7. The average molecular weight is 498 g/mol. The molecule has 0 aromatic heterocycles. The van der Waals surface area contributed by atoms with Crippen LogP contribution in [0.25, 0.3) is 0 Å². The van der Waals surface area contributed by atoms with Crippen molar-refractivity contribution >= 4 is 5.91 Å². The molecule has 1 aliphatic rings. The van der Waals surface area contributed by atoms with E-state index in [0.29, 0.717) is 18.0 Å². The first-order valence-corrected chi connectivity index (χ1v) is 11.3. The van der Waals surface area contributed by atoms with E-state index in [-0.39, 0.29) is 36.3 Å². The van der Waals surface area contributed by atoms with E-state index in [1.807, 2.05) is 6.07 Å². The number of para-hydroxylation sites is 1. The van der Waals surface area contributed by atoms with Crippen LogP contribution in [0.2, 0.25) is 0 Å². The largest absolute Gasteiger partial charge is 0.489 e. The molecule has 4 rings (SSSR count). The number of aliphatic hydroxyl groups is 1. The van der Waals surface area contributed by atoms with Gasteiger partial charge >= 0.3 is 5.91 Å². The van der Waals surface area contributed by atoms with Crippen LogP contribution in [0.5, 0.6) is 23.0 Å². The molecule has 3 aromatic carbocycles. The highest BCUT2D eigenvalue weighted by Crippen LogP contribution is 2.33. The molecule has 0 bridgehead atoms. The van der Waals surface area contributed by atoms with Gasteiger partial charge in [-0.25, -0.2) is 8.78 Å². The van der Waals surface area contributed by atoms with Crippen LogP contribution in [0.4, 0.5) is 8.78 Å². The number of benzene rings is 3. The lowest BCUT2D eigenvalue weighted by atomic mass is 10.0. The first kappa shape index (κ1) is 25.2. The maximum Gasteiger partial charge on any atom is 0.320 e. The molecule has 0 fully saturated rings. The number of hydrogen-bond donors (Lipinski definition) is 2. The van der Waals surface area contributed by atoms with Gasteiger partial charge in [0.15, 0.2) is 11.6 Å². The number of halogens is 2. The van der Waals surface area contributed by atoms with Crippen molar-refractivity contribution in [2.75, 3.05) is 19.7 Å². The van der Waals surface area contributed by atoms with E-state index < -0.39 is 23.6 Å². The normalized spacial score (nSPS) is 15.4. The van der Waals surface area contributed by atoms with Crippen LogP contribution in [-0.4, -0.2) is 42.9 Å². The highest BCUT2D eigenvalue weighted by Gasteiger charge is 2.21. The molecule has 0 radical (unpaired) electrons. The third-order valence-corrected chi connectivity index (χ3v) is 5.57. The molecular formula is C26H24F2N2O6. The number of rotatable bonds is 10. The molecule has 2 N–H and O–H groups in total. The summed E-state index contributed by atoms with van der Waals surface area (Å²) in [4.78, 5) is 22.3. The van der Waals surface area contributed by atoms with Gasteiger partial charge < -0.3 is 24.6 Å². The van der Waals surface area contributed by atoms with Gasteiger partial charge in [-0.15, -0.1) is 4.91 Å². The molecule has 2 unspecified atom stereocenters. The predicted octanol–water partition coefficient (Wildman–Crippen LogP) is 4.39. The Bertz CT molecular complexity index is 1240. The van der Waals surface area contributed by atoms with Crippen LogP contribution in [0.15, 0.2) is 65.8 Å². The van der Waals surface area contributed by atoms with Crippen molar-refractivity contribution in [3.05, 3.63) is 88.3 Å². The van der Waals surface area contributed by atoms with Gasteiger partial charge in [-0.2, -0.15) is 0 Å². The van der Waals surface area contributed by atoms with Crippen molar-refractivity contribution in [3.63, 3.8) is 0 Å². The zero-order valence-electron chi connectivity index (χ0n) is 19.2. The van der Waals surface area contributed by atoms with Gasteiger partial charge in [-0.1, -0.05) is 12.1 Å². The summed E-state index contributed by atoms with van der Waals surface area (Å²) in [6.45, 7) is 0.536. The average Bonchev–Trinajstić information content (AvgIpc) is 2.88. The first-order chi connectivity index (χ1) is 17.4. The lowest BCUT2D eigenvalue weighted by molar-refractivity contribution is 0.0978. The number of amides is 1. The second-order valence-electron chi connectivity index (χ2n) is 8.24. The number of carbonyl (C=O) groups excluding carboxylic acids is 1. The number of carbonyl (C=O) groups is 1. The van der Waals surface area contributed by atoms with Crippen molar-refractivity contribution in [1.29, 1.82) is 0 Å². The smallest absolute Gasteiger partial charge is 0.320 e. The molecule has 0 saturated carbocycles. The van der Waals surface area contributed by atoms with Gasteiger partial charge in [0.2, 0.25) is 0 Å². The molecule has 0 saturated heterocycles. The standard InChI is InChI=1S/C26H24F2N2O6/c27-17-6-9-25(22(28)12-17)34-15-18(31)13-29-14-20-7-5-16-11-19(8-10-23(16)36-20)35-24-4-2-1-3-21(24)26(32)30-33/h1-4,6,8-12,18,20,29,31H,5,7,13-15H2. The minimum absolute atomic E-state index is 0.0861. The molecule has 3 aromatic rings. The van der Waals surface area contributed by atoms with Crippen molar-refractivity contribution in [2.45, 2.75) is 25.0 Å². The van der Waals surface area contributed by atoms with Gasteiger partial charge in [-0.05, 0) is 60.9 Å². The molecule has 188 valence electrons. The summed E-state index contributed by atoms with van der Waals surface area (Å²) in [5.41, 5.74) is 1.03. The SMILES string of the molecule is O=NC(=O)c1ccccc1Oc1ccc2c(c1)CCC(CNCC(O)COc1ccc(F)cc1F)O2. The Labute approximate surface area is 205 Å². The zero-order chi connectivity index (χ0) is 25.5. The van der Waals surface area contributed by atoms with Crippen molar-refractivity contribution in [1.82, 2.24) is 5.32 Å². The Morgan fingerprint density at radius 1 is 1.14 bits per heavy atom. The number of nitrogens with one attached hydrogen (secondary N) is 1. The maximum atomic E-state index is 13.6. The third-order valence-electron chi connectivity index (χ3n) is 5.57. The molecule has 0 spiro atoms. The number of hydrogen-bond acceptors (Lipinski definition) is 7. The van der Waals surface area contributed by atoms with Crippen LogP contribution in [0, 0.1) is 16.5 Å². The molecule has 0 aliphatic carbocycles. The van der Waals surface area contributed by atoms with E-state index >= 15 is 0 Å². The second-order valence-corrected chi connectivity index (χ2v) is 8.24. The maximum absolute atomic E-state index is 13.6. The fourth-order valence-corrected chi connectivity index (χ4v) is 3.78. The molecule has 1 heterocycles. The summed E-state index contributed by atoms with van der Waals surface area (Å²) in [6, 6.07) is 14.7. The number of nitrogens with zero attached hydrogens (tertiary/aromatic N) is 1. The van der Waals surface area contributed by atoms with Gasteiger partial charge in [0.05, 0.1) is 5.56 Å². The topological polar surface area (TPSA) is 106 Å². The highest BCUT2D eigenvalue weighted by molar-refractivity contribution is 5.97. The van der Waals surface area contributed by atoms with Crippen molar-refractivity contribution < 1.29 is 32.9 Å². The van der Waals surface area contributed by atoms with Crippen LogP contribution in [0.1, 0.15) is 22.3 Å². The fraction of sp³-hybridized carbons (Fsp3) is 0.269. The minimum atomic E-state index is -0.901. The van der Waals surface area contributed by atoms with E-state index in [9.17, 15) is 23.6 Å². The van der Waals surface area contributed by atoms with Crippen LogP contribution in [0.3, 0.4) is 0 Å². The molecule has 10 heteroatoms. The molecule has 8 nitrogen and oxygen atoms in total. The Balaban J connectivity index is 1.25. The summed E-state index contributed by atoms with van der Waals surface area (Å²) >= 11 is 0. The third kappa shape index (κ3) is 6.41. The van der Waals surface area contributed by atoms with Gasteiger partial charge in [0.1, 0.15) is 41.9 Å². The summed E-state index contributed by atoms with van der Waals surface area (Å²) in [5.74, 6) is -1.10. The van der Waals surface area contributed by atoms with Crippen LogP contribution in [-0.2, 0) is 6.42 Å². The number of fused-ring (bicyclic) bond motifs is 1. The first-order valence-electron chi connectivity index (χ1n) is 11.3. The molecule has 1 amide bonds. The van der Waals surface area contributed by atoms with Gasteiger partial charge in [0.25, 0.3) is 0 Å². The number of aryl methyl sites for hydroxylation is 1. The highest BCUT2D eigenvalue weighted by atomic mass is 19.1. The Kier molecular flexibility index (Phi) is 8.19. The van der Waals surface area contributed by atoms with Crippen LogP contribution >= 0.6 is 0 Å². The van der Waals surface area contributed by atoms with Crippen molar-refractivity contribution in [2.24, 2.45) is 5.18 Å². The number of aliphatic hydroxyl groups excluding tert-OH is 1. The lowest BCUT2D eigenvalue weighted by Gasteiger charge is -2.27. The summed E-state index contributed by atoms with van der Waals surface area (Å²) < 4.78 is 43.6. The molecular weight excluding hydrogens is 474 g/mol. The van der Waals surface area contributed by atoms with Gasteiger partial charge in [-0.3, -0.25) is 4.79 Å². The minimum Gasteiger partial charge on any atom is -0.489 e. The predicted molar refractivity (Wildman–Crippen MR) is 127 cm³/mol. The van der Waals surface area contributed by atoms with E-state index in [1.165, 1.54) is 12.1 Å². The molecule has 1 aliphatic heterocycles. The van der Waals surface area contributed by atoms with E-state index in [4.69, 9.17) is 14.2 Å².